The van der Waals surface area contributed by atoms with E-state index in [2.05, 4.69) is 5.43 Å². The minimum absolute atomic E-state index is 0.987. The maximum absolute atomic E-state index is 10.6. The highest BCUT2D eigenvalue weighted by Crippen LogP contribution is 2.42. The number of rotatable bonds is 2. The van der Waals surface area contributed by atoms with Crippen LogP contribution in [0.2, 0.25) is 0 Å². The Morgan fingerprint density at radius 2 is 2.36 bits per heavy atom. The maximum Gasteiger partial charge on any atom is 0.347 e. The van der Waals surface area contributed by atoms with Crippen LogP contribution in [0.25, 0.3) is 0 Å². The summed E-state index contributed by atoms with van der Waals surface area (Å²) in [6.07, 6.45) is 2.73. The molecule has 1 rings (SSSR count). The van der Waals surface area contributed by atoms with Crippen LogP contribution in [0, 0.1) is 0 Å². The molecule has 64 valence electrons. The number of nitrogens with one attached hydrogen (secondary N) is 1. The van der Waals surface area contributed by atoms with E-state index in [0.717, 1.165) is 5.17 Å². The molecular weight excluding hydrogens is 171 g/mol. The van der Waals surface area contributed by atoms with Crippen molar-refractivity contribution < 1.29 is 19.2 Å². The number of hydrogen-bond donors (Lipinski definition) is 3. The molecule has 0 aromatic rings. The Morgan fingerprint density at radius 3 is 2.73 bits per heavy atom. The number of hydrogen-bond acceptors (Lipinski definition) is 4. The Bertz CT molecular complexity index is 204. The molecule has 1 atom stereocenters. The standard InChI is InChI=1S/C4H9N2O4P/c1-4(11(7,8)9)6-5-2-3-10-6/h2-5H,1H3,(H2,7,8,9). The largest absolute Gasteiger partial charge is 0.392 e. The second-order valence-electron chi connectivity index (χ2n) is 2.08. The van der Waals surface area contributed by atoms with Crippen LogP contribution in [0.15, 0.2) is 12.5 Å². The van der Waals surface area contributed by atoms with Crippen molar-refractivity contribution in [1.29, 1.82) is 0 Å². The molecule has 0 saturated heterocycles. The molecular formula is C4H9N2O4P. The minimum atomic E-state index is -4.11. The third kappa shape index (κ3) is 1.94. The predicted octanol–water partition coefficient (Wildman–Crippen LogP) is -0.267. The summed E-state index contributed by atoms with van der Waals surface area (Å²) in [5.41, 5.74) is 2.50. The lowest BCUT2D eigenvalue weighted by Crippen LogP contribution is -2.36. The first-order valence-electron chi connectivity index (χ1n) is 2.94. The van der Waals surface area contributed by atoms with Gasteiger partial charge in [0.15, 0.2) is 5.78 Å². The zero-order valence-electron chi connectivity index (χ0n) is 5.84. The summed E-state index contributed by atoms with van der Waals surface area (Å²) in [7, 11) is -4.11. The first kappa shape index (κ1) is 8.55. The molecule has 0 aromatic heterocycles. The van der Waals surface area contributed by atoms with Crippen molar-refractivity contribution in [3.63, 3.8) is 0 Å². The Morgan fingerprint density at radius 1 is 1.73 bits per heavy atom. The highest BCUT2D eigenvalue weighted by Gasteiger charge is 2.32. The van der Waals surface area contributed by atoms with Crippen LogP contribution in [0.4, 0.5) is 0 Å². The van der Waals surface area contributed by atoms with Crippen LogP contribution >= 0.6 is 7.60 Å². The first-order valence-corrected chi connectivity index (χ1v) is 4.62. The SMILES string of the molecule is CC(N1NC=CO1)P(=O)(O)O. The predicted molar refractivity (Wildman–Crippen MR) is 36.7 cm³/mol. The fraction of sp³-hybridized carbons (Fsp3) is 0.500. The van der Waals surface area contributed by atoms with Crippen molar-refractivity contribution in [2.75, 3.05) is 0 Å². The normalized spacial score (nSPS) is 21.0. The highest BCUT2D eigenvalue weighted by molar-refractivity contribution is 7.52. The first-order chi connectivity index (χ1) is 5.02. The Hall–Kier alpha value is -0.550. The topological polar surface area (TPSA) is 82.0 Å². The Kier molecular flexibility index (Phi) is 2.20. The van der Waals surface area contributed by atoms with Gasteiger partial charge in [0, 0.05) is 0 Å². The van der Waals surface area contributed by atoms with Crippen LogP contribution in [-0.4, -0.2) is 20.7 Å². The summed E-state index contributed by atoms with van der Waals surface area (Å²) in [5, 5.41) is 0.987. The molecule has 0 fully saturated rings. The number of nitrogens with zero attached hydrogens (tertiary/aromatic N) is 1. The molecule has 1 heterocycles. The summed E-state index contributed by atoms with van der Waals surface area (Å²) in [6, 6.07) is 0. The molecule has 0 aliphatic carbocycles. The molecule has 0 aromatic carbocycles. The van der Waals surface area contributed by atoms with Gasteiger partial charge in [0.25, 0.3) is 0 Å². The van der Waals surface area contributed by atoms with Crippen LogP contribution in [0.3, 0.4) is 0 Å². The van der Waals surface area contributed by atoms with Crippen molar-refractivity contribution in [3.05, 3.63) is 12.5 Å². The summed E-state index contributed by atoms with van der Waals surface area (Å²) in [6.45, 7) is 1.36. The van der Waals surface area contributed by atoms with E-state index < -0.39 is 13.4 Å². The van der Waals surface area contributed by atoms with E-state index in [-0.39, 0.29) is 0 Å². The summed E-state index contributed by atoms with van der Waals surface area (Å²) in [4.78, 5) is 22.0. The van der Waals surface area contributed by atoms with E-state index >= 15 is 0 Å². The van der Waals surface area contributed by atoms with E-state index in [1.54, 1.807) is 0 Å². The average Bonchev–Trinajstić information content (AvgIpc) is 2.34. The fourth-order valence-electron chi connectivity index (χ4n) is 0.563. The molecule has 1 aliphatic heterocycles. The molecule has 0 amide bonds. The monoisotopic (exact) mass is 180 g/mol. The van der Waals surface area contributed by atoms with E-state index in [4.69, 9.17) is 14.6 Å². The third-order valence-electron chi connectivity index (χ3n) is 1.27. The van der Waals surface area contributed by atoms with Gasteiger partial charge in [-0.15, -0.1) is 0 Å². The number of hydrazine groups is 1. The molecule has 3 N–H and O–H groups in total. The van der Waals surface area contributed by atoms with Crippen LogP contribution < -0.4 is 5.43 Å². The van der Waals surface area contributed by atoms with E-state index in [0.29, 0.717) is 0 Å². The van der Waals surface area contributed by atoms with Crippen molar-refractivity contribution in [1.82, 2.24) is 10.6 Å². The second-order valence-corrected chi connectivity index (χ2v) is 4.01. The molecule has 11 heavy (non-hydrogen) atoms. The van der Waals surface area contributed by atoms with E-state index in [9.17, 15) is 4.57 Å². The molecule has 0 saturated carbocycles. The van der Waals surface area contributed by atoms with Gasteiger partial charge in [0.1, 0.15) is 6.26 Å². The van der Waals surface area contributed by atoms with Crippen molar-refractivity contribution in [2.45, 2.75) is 12.7 Å². The van der Waals surface area contributed by atoms with Gasteiger partial charge in [-0.05, 0) is 12.1 Å². The molecule has 7 heteroatoms. The van der Waals surface area contributed by atoms with Gasteiger partial charge >= 0.3 is 7.60 Å². The molecule has 1 aliphatic rings. The van der Waals surface area contributed by atoms with Crippen molar-refractivity contribution in [2.24, 2.45) is 0 Å². The van der Waals surface area contributed by atoms with Crippen LogP contribution in [-0.2, 0) is 9.40 Å². The zero-order valence-corrected chi connectivity index (χ0v) is 6.73. The van der Waals surface area contributed by atoms with Gasteiger partial charge in [-0.25, -0.2) is 0 Å². The highest BCUT2D eigenvalue weighted by atomic mass is 31.2. The van der Waals surface area contributed by atoms with Gasteiger partial charge < -0.3 is 14.6 Å². The van der Waals surface area contributed by atoms with Gasteiger partial charge in [0.2, 0.25) is 0 Å². The quantitative estimate of drug-likeness (QED) is 0.507. The lowest BCUT2D eigenvalue weighted by atomic mass is 10.8. The summed E-state index contributed by atoms with van der Waals surface area (Å²) >= 11 is 0. The molecule has 0 bridgehead atoms. The molecule has 0 radical (unpaired) electrons. The summed E-state index contributed by atoms with van der Waals surface area (Å²) < 4.78 is 10.6. The minimum Gasteiger partial charge on any atom is -0.392 e. The Labute approximate surface area is 63.5 Å². The Balaban J connectivity index is 2.55. The van der Waals surface area contributed by atoms with Crippen LogP contribution in [0.5, 0.6) is 0 Å². The third-order valence-corrected chi connectivity index (χ3v) is 2.45. The van der Waals surface area contributed by atoms with Gasteiger partial charge in [-0.3, -0.25) is 9.99 Å². The summed E-state index contributed by atoms with van der Waals surface area (Å²) in [5.74, 6) is -0.988. The zero-order chi connectivity index (χ0) is 8.48. The van der Waals surface area contributed by atoms with Gasteiger partial charge in [-0.2, -0.15) is 0 Å². The maximum atomic E-state index is 10.6. The number of hydroxylamine groups is 1. The molecule has 0 spiro atoms. The smallest absolute Gasteiger partial charge is 0.347 e. The van der Waals surface area contributed by atoms with E-state index in [1.807, 2.05) is 0 Å². The van der Waals surface area contributed by atoms with Gasteiger partial charge in [0.05, 0.1) is 6.20 Å². The second kappa shape index (κ2) is 2.83. The average molecular weight is 180 g/mol. The molecule has 6 nitrogen and oxygen atoms in total. The van der Waals surface area contributed by atoms with E-state index in [1.165, 1.54) is 19.4 Å². The molecule has 1 unspecified atom stereocenters. The van der Waals surface area contributed by atoms with Gasteiger partial charge in [-0.1, -0.05) is 0 Å². The van der Waals surface area contributed by atoms with Crippen molar-refractivity contribution >= 4 is 7.60 Å². The fourth-order valence-corrected chi connectivity index (χ4v) is 0.957. The van der Waals surface area contributed by atoms with Crippen molar-refractivity contribution in [3.8, 4) is 0 Å². The van der Waals surface area contributed by atoms with Crippen LogP contribution in [0.1, 0.15) is 6.92 Å². The lowest BCUT2D eigenvalue weighted by molar-refractivity contribution is -0.125. The lowest BCUT2D eigenvalue weighted by Gasteiger charge is -2.22.